The zero-order valence-corrected chi connectivity index (χ0v) is 20.0. The van der Waals surface area contributed by atoms with Crippen molar-refractivity contribution in [2.75, 3.05) is 18.4 Å². The van der Waals surface area contributed by atoms with Crippen LogP contribution in [0.15, 0.2) is 65.2 Å². The molecule has 1 N–H and O–H groups in total. The molecule has 2 aliphatic heterocycles. The van der Waals surface area contributed by atoms with Crippen LogP contribution in [-0.4, -0.2) is 46.0 Å². The number of aromatic nitrogens is 1. The molecule has 0 unspecified atom stereocenters. The normalized spacial score (nSPS) is 20.9. The lowest BCUT2D eigenvalue weighted by Crippen LogP contribution is -2.44. The Morgan fingerprint density at radius 3 is 2.71 bits per heavy atom. The van der Waals surface area contributed by atoms with Crippen molar-refractivity contribution >= 4 is 11.6 Å². The molecule has 1 amide bonds. The molecule has 2 aliphatic rings. The van der Waals surface area contributed by atoms with Crippen LogP contribution in [0.5, 0.6) is 0 Å². The fourth-order valence-corrected chi connectivity index (χ4v) is 5.40. The van der Waals surface area contributed by atoms with Crippen LogP contribution in [0, 0.1) is 0 Å². The van der Waals surface area contributed by atoms with Crippen LogP contribution in [0.25, 0.3) is 0 Å². The summed E-state index contributed by atoms with van der Waals surface area (Å²) in [6.07, 6.45) is 5.11. The van der Waals surface area contributed by atoms with Gasteiger partial charge in [0.15, 0.2) is 5.69 Å². The first-order valence-corrected chi connectivity index (χ1v) is 12.6. The highest BCUT2D eigenvalue weighted by Crippen LogP contribution is 2.31. The lowest BCUT2D eigenvalue weighted by atomic mass is 10.1. The van der Waals surface area contributed by atoms with Crippen LogP contribution in [0.2, 0.25) is 0 Å². The summed E-state index contributed by atoms with van der Waals surface area (Å²) in [4.78, 5) is 18.3. The molecule has 6 heteroatoms. The Morgan fingerprint density at radius 2 is 1.85 bits per heavy atom. The predicted molar refractivity (Wildman–Crippen MR) is 134 cm³/mol. The first-order chi connectivity index (χ1) is 16.7. The van der Waals surface area contributed by atoms with Crippen molar-refractivity contribution in [2.24, 2.45) is 0 Å². The number of amides is 1. The highest BCUT2D eigenvalue weighted by atomic mass is 16.5. The molecule has 0 radical (unpaired) electrons. The van der Waals surface area contributed by atoms with Gasteiger partial charge in [0.2, 0.25) is 0 Å². The maximum atomic E-state index is 13.7. The minimum Gasteiger partial charge on any atom is -0.385 e. The number of para-hydroxylation sites is 1. The summed E-state index contributed by atoms with van der Waals surface area (Å²) in [6.45, 7) is 5.18. The van der Waals surface area contributed by atoms with E-state index in [2.05, 4.69) is 70.8 Å². The Kier molecular flexibility index (Phi) is 6.95. The Bertz CT molecular complexity index is 1100. The molecule has 2 bridgehead atoms. The zero-order chi connectivity index (χ0) is 23.3. The van der Waals surface area contributed by atoms with Crippen molar-refractivity contribution in [3.05, 3.63) is 83.2 Å². The van der Waals surface area contributed by atoms with E-state index >= 15 is 0 Å². The summed E-state index contributed by atoms with van der Waals surface area (Å²) in [5.74, 6) is 0.723. The first kappa shape index (κ1) is 22.7. The largest absolute Gasteiger partial charge is 0.385 e. The number of hydrogen-bond donors (Lipinski definition) is 1. The molecule has 1 fully saturated rings. The molecular weight excluding hydrogens is 424 g/mol. The van der Waals surface area contributed by atoms with Gasteiger partial charge in [0.1, 0.15) is 5.76 Å². The quantitative estimate of drug-likeness (QED) is 0.575. The monoisotopic (exact) mass is 458 g/mol. The molecule has 3 heterocycles. The van der Waals surface area contributed by atoms with Gasteiger partial charge in [0.25, 0.3) is 5.91 Å². The van der Waals surface area contributed by atoms with Crippen LogP contribution in [-0.2, 0) is 19.5 Å². The van der Waals surface area contributed by atoms with Crippen LogP contribution < -0.4 is 5.32 Å². The SMILES string of the molecule is CCCc1cc(C(=O)N2Cc3ccccc3NCC[C@@H]3CC[C@H](C2)N3Cc2ccccc2)no1. The fraction of sp³-hybridized carbons (Fsp3) is 0.429. The minimum absolute atomic E-state index is 0.0525. The molecule has 1 aromatic heterocycles. The zero-order valence-electron chi connectivity index (χ0n) is 20.0. The van der Waals surface area contributed by atoms with Gasteiger partial charge in [-0.05, 0) is 42.9 Å². The van der Waals surface area contributed by atoms with Gasteiger partial charge in [-0.25, -0.2) is 0 Å². The van der Waals surface area contributed by atoms with Gasteiger partial charge >= 0.3 is 0 Å². The van der Waals surface area contributed by atoms with Crippen molar-refractivity contribution in [2.45, 2.75) is 64.2 Å². The van der Waals surface area contributed by atoms with E-state index in [-0.39, 0.29) is 5.91 Å². The van der Waals surface area contributed by atoms with Gasteiger partial charge in [-0.15, -0.1) is 0 Å². The number of aryl methyl sites for hydroxylation is 1. The molecule has 178 valence electrons. The lowest BCUT2D eigenvalue weighted by Gasteiger charge is -2.33. The molecule has 3 aromatic rings. The van der Waals surface area contributed by atoms with Gasteiger partial charge in [0, 0.05) is 56.4 Å². The molecule has 0 aliphatic carbocycles. The maximum absolute atomic E-state index is 13.7. The van der Waals surface area contributed by atoms with Gasteiger partial charge < -0.3 is 14.7 Å². The third-order valence-electron chi connectivity index (χ3n) is 7.14. The smallest absolute Gasteiger partial charge is 0.276 e. The Balaban J connectivity index is 1.45. The number of fused-ring (bicyclic) bond motifs is 3. The van der Waals surface area contributed by atoms with E-state index in [0.29, 0.717) is 30.9 Å². The third-order valence-corrected chi connectivity index (χ3v) is 7.14. The van der Waals surface area contributed by atoms with E-state index in [0.717, 1.165) is 62.2 Å². The molecular formula is C28H34N4O2. The van der Waals surface area contributed by atoms with Crippen molar-refractivity contribution in [1.29, 1.82) is 0 Å². The van der Waals surface area contributed by atoms with Crippen molar-refractivity contribution in [3.63, 3.8) is 0 Å². The molecule has 0 spiro atoms. The summed E-state index contributed by atoms with van der Waals surface area (Å²) in [7, 11) is 0. The number of anilines is 1. The highest BCUT2D eigenvalue weighted by molar-refractivity contribution is 5.92. The minimum atomic E-state index is -0.0525. The molecule has 34 heavy (non-hydrogen) atoms. The lowest BCUT2D eigenvalue weighted by molar-refractivity contribution is 0.0653. The van der Waals surface area contributed by atoms with Crippen molar-refractivity contribution < 1.29 is 9.32 Å². The predicted octanol–water partition coefficient (Wildman–Crippen LogP) is 5.12. The molecule has 5 rings (SSSR count). The average molecular weight is 459 g/mol. The first-order valence-electron chi connectivity index (χ1n) is 12.6. The number of carbonyl (C=O) groups excluding carboxylic acids is 1. The van der Waals surface area contributed by atoms with Crippen molar-refractivity contribution in [1.82, 2.24) is 15.0 Å². The number of hydrogen-bond acceptors (Lipinski definition) is 5. The van der Waals surface area contributed by atoms with E-state index < -0.39 is 0 Å². The molecule has 6 nitrogen and oxygen atoms in total. The van der Waals surface area contributed by atoms with Crippen LogP contribution in [0.4, 0.5) is 5.69 Å². The maximum Gasteiger partial charge on any atom is 0.276 e. The van der Waals surface area contributed by atoms with Crippen molar-refractivity contribution in [3.8, 4) is 0 Å². The van der Waals surface area contributed by atoms with Crippen LogP contribution >= 0.6 is 0 Å². The molecule has 1 saturated heterocycles. The molecule has 2 atom stereocenters. The second kappa shape index (κ2) is 10.4. The summed E-state index contributed by atoms with van der Waals surface area (Å²) >= 11 is 0. The van der Waals surface area contributed by atoms with Gasteiger partial charge in [0.05, 0.1) is 0 Å². The summed E-state index contributed by atoms with van der Waals surface area (Å²) in [5, 5.41) is 7.78. The standard InChI is InChI=1S/C28H34N4O2/c1-2-8-25-17-27(30-34-25)28(33)31-19-22-11-6-7-12-26(22)29-16-15-23-13-14-24(20-31)32(23)18-21-9-4-3-5-10-21/h3-7,9-12,17,23-24,29H,2,8,13-16,18-20H2,1H3/t23-,24+/m0/s1. The van der Waals surface area contributed by atoms with Gasteiger partial charge in [-0.3, -0.25) is 9.69 Å². The van der Waals surface area contributed by atoms with Crippen LogP contribution in [0.1, 0.15) is 60.0 Å². The summed E-state index contributed by atoms with van der Waals surface area (Å²) < 4.78 is 5.45. The summed E-state index contributed by atoms with van der Waals surface area (Å²) in [5.41, 5.74) is 3.98. The number of rotatable bonds is 5. The number of nitrogens with zero attached hydrogens (tertiary/aromatic N) is 3. The Labute approximate surface area is 201 Å². The number of carbonyl (C=O) groups is 1. The summed E-state index contributed by atoms with van der Waals surface area (Å²) in [6, 6.07) is 21.7. The third kappa shape index (κ3) is 5.02. The topological polar surface area (TPSA) is 61.6 Å². The van der Waals surface area contributed by atoms with E-state index in [1.165, 1.54) is 5.56 Å². The van der Waals surface area contributed by atoms with Crippen LogP contribution in [0.3, 0.4) is 0 Å². The number of benzene rings is 2. The van der Waals surface area contributed by atoms with E-state index in [4.69, 9.17) is 4.52 Å². The number of nitrogens with one attached hydrogen (secondary N) is 1. The van der Waals surface area contributed by atoms with Gasteiger partial charge in [-0.2, -0.15) is 0 Å². The molecule has 0 saturated carbocycles. The van der Waals surface area contributed by atoms with E-state index in [1.54, 1.807) is 0 Å². The highest BCUT2D eigenvalue weighted by Gasteiger charge is 2.36. The second-order valence-corrected chi connectivity index (χ2v) is 9.53. The second-order valence-electron chi connectivity index (χ2n) is 9.53. The average Bonchev–Trinajstić information content (AvgIpc) is 3.46. The Morgan fingerprint density at radius 1 is 1.06 bits per heavy atom. The Hall–Kier alpha value is -3.12. The molecule has 2 aromatic carbocycles. The van der Waals surface area contributed by atoms with E-state index in [1.807, 2.05) is 17.0 Å². The fourth-order valence-electron chi connectivity index (χ4n) is 5.40. The van der Waals surface area contributed by atoms with E-state index in [9.17, 15) is 4.79 Å². The van der Waals surface area contributed by atoms with Gasteiger partial charge in [-0.1, -0.05) is 60.6 Å².